The Morgan fingerprint density at radius 3 is 2.27 bits per heavy atom. The lowest BCUT2D eigenvalue weighted by molar-refractivity contribution is -0.137. The SMILES string of the molecule is O=C(Nc1ccc(Cl)c(Cl)c1)Oc1ccc(Cc2ncc(C(F)(F)F)cc2Cl)cc1. The minimum absolute atomic E-state index is 0.0776. The highest BCUT2D eigenvalue weighted by atomic mass is 35.5. The van der Waals surface area contributed by atoms with Crippen LogP contribution in [0.1, 0.15) is 16.8 Å². The number of halogens is 6. The van der Waals surface area contributed by atoms with Crippen molar-refractivity contribution in [3.05, 3.63) is 86.6 Å². The second kappa shape index (κ2) is 9.12. The molecule has 0 bridgehead atoms. The molecule has 0 aliphatic carbocycles. The van der Waals surface area contributed by atoms with Crippen molar-refractivity contribution in [1.29, 1.82) is 0 Å². The Hall–Kier alpha value is -2.48. The van der Waals surface area contributed by atoms with Crippen LogP contribution in [0.25, 0.3) is 0 Å². The standard InChI is InChI=1S/C20H12Cl3F3N2O2/c21-15-6-3-13(9-16(15)22)28-19(29)30-14-4-1-11(2-5-14)7-18-17(23)8-12(10-27-18)20(24,25)26/h1-6,8-10H,7H2,(H,28,29). The van der Waals surface area contributed by atoms with Gasteiger partial charge in [-0.25, -0.2) is 4.79 Å². The normalized spacial score (nSPS) is 11.3. The number of hydrogen-bond acceptors (Lipinski definition) is 3. The average Bonchev–Trinajstić information content (AvgIpc) is 2.67. The lowest BCUT2D eigenvalue weighted by Gasteiger charge is -2.10. The van der Waals surface area contributed by atoms with Gasteiger partial charge in [-0.05, 0) is 42.0 Å². The summed E-state index contributed by atoms with van der Waals surface area (Å²) >= 11 is 17.6. The minimum Gasteiger partial charge on any atom is -0.410 e. The summed E-state index contributed by atoms with van der Waals surface area (Å²) in [5.41, 5.74) is 0.527. The molecule has 0 fully saturated rings. The number of benzene rings is 2. The smallest absolute Gasteiger partial charge is 0.410 e. The number of nitrogens with one attached hydrogen (secondary N) is 1. The van der Waals surface area contributed by atoms with E-state index in [1.54, 1.807) is 30.3 Å². The number of ether oxygens (including phenoxy) is 1. The van der Waals surface area contributed by atoms with Crippen molar-refractivity contribution < 1.29 is 22.7 Å². The number of rotatable bonds is 4. The van der Waals surface area contributed by atoms with Gasteiger partial charge < -0.3 is 4.74 Å². The summed E-state index contributed by atoms with van der Waals surface area (Å²) < 4.78 is 43.3. The van der Waals surface area contributed by atoms with E-state index < -0.39 is 17.8 Å². The van der Waals surface area contributed by atoms with E-state index in [1.165, 1.54) is 12.1 Å². The largest absolute Gasteiger partial charge is 0.417 e. The summed E-state index contributed by atoms with van der Waals surface area (Å²) in [5, 5.41) is 3.08. The molecular formula is C20H12Cl3F3N2O2. The number of pyridine rings is 1. The van der Waals surface area contributed by atoms with E-state index in [9.17, 15) is 18.0 Å². The van der Waals surface area contributed by atoms with Gasteiger partial charge in [-0.1, -0.05) is 46.9 Å². The third kappa shape index (κ3) is 5.78. The fourth-order valence-electron chi connectivity index (χ4n) is 2.44. The molecule has 0 aliphatic rings. The number of hydrogen-bond donors (Lipinski definition) is 1. The average molecular weight is 476 g/mol. The molecule has 0 radical (unpaired) electrons. The molecule has 0 aliphatic heterocycles. The first kappa shape index (κ1) is 22.2. The van der Waals surface area contributed by atoms with E-state index in [0.717, 1.165) is 17.8 Å². The first-order valence-electron chi connectivity index (χ1n) is 8.36. The Bertz CT molecular complexity index is 1070. The van der Waals surface area contributed by atoms with Crippen molar-refractivity contribution in [3.8, 4) is 5.75 Å². The molecule has 10 heteroatoms. The molecule has 0 atom stereocenters. The van der Waals surface area contributed by atoms with E-state index in [1.807, 2.05) is 0 Å². The Morgan fingerprint density at radius 1 is 0.967 bits per heavy atom. The van der Waals surface area contributed by atoms with Gasteiger partial charge in [-0.3, -0.25) is 10.3 Å². The van der Waals surface area contributed by atoms with Crippen molar-refractivity contribution in [2.45, 2.75) is 12.6 Å². The van der Waals surface area contributed by atoms with Crippen LogP contribution in [0.3, 0.4) is 0 Å². The Labute approximate surface area is 184 Å². The predicted octanol–water partition coefficient (Wildman–Crippen LogP) is 7.26. The Kier molecular flexibility index (Phi) is 6.75. The van der Waals surface area contributed by atoms with E-state index >= 15 is 0 Å². The van der Waals surface area contributed by atoms with Crippen LogP contribution in [0.4, 0.5) is 23.7 Å². The lowest BCUT2D eigenvalue weighted by atomic mass is 10.1. The molecule has 0 saturated carbocycles. The summed E-state index contributed by atoms with van der Waals surface area (Å²) in [6.07, 6.45) is -4.28. The van der Waals surface area contributed by atoms with Crippen LogP contribution >= 0.6 is 34.8 Å². The zero-order valence-electron chi connectivity index (χ0n) is 14.9. The first-order chi connectivity index (χ1) is 14.1. The number of nitrogens with zero attached hydrogens (tertiary/aromatic N) is 1. The summed E-state index contributed by atoms with van der Waals surface area (Å²) in [6.45, 7) is 0. The van der Waals surface area contributed by atoms with Crippen molar-refractivity contribution in [2.24, 2.45) is 0 Å². The molecule has 3 rings (SSSR count). The maximum absolute atomic E-state index is 12.7. The van der Waals surface area contributed by atoms with Gasteiger partial charge in [0, 0.05) is 18.3 Å². The number of alkyl halides is 3. The zero-order valence-corrected chi connectivity index (χ0v) is 17.2. The van der Waals surface area contributed by atoms with Crippen molar-refractivity contribution >= 4 is 46.6 Å². The molecular weight excluding hydrogens is 464 g/mol. The van der Waals surface area contributed by atoms with Crippen LogP contribution in [0.5, 0.6) is 5.75 Å². The number of aromatic nitrogens is 1. The highest BCUT2D eigenvalue weighted by molar-refractivity contribution is 6.42. The van der Waals surface area contributed by atoms with Crippen LogP contribution in [0.2, 0.25) is 15.1 Å². The molecule has 1 aromatic heterocycles. The molecule has 0 saturated heterocycles. The monoisotopic (exact) mass is 474 g/mol. The molecule has 3 aromatic rings. The van der Waals surface area contributed by atoms with Crippen molar-refractivity contribution in [2.75, 3.05) is 5.32 Å². The number of amides is 1. The molecule has 0 spiro atoms. The molecule has 4 nitrogen and oxygen atoms in total. The third-order valence-corrected chi connectivity index (χ3v) is 4.98. The number of carbonyl (C=O) groups is 1. The molecule has 0 unspecified atom stereocenters. The van der Waals surface area contributed by atoms with E-state index in [4.69, 9.17) is 39.5 Å². The highest BCUT2D eigenvalue weighted by Gasteiger charge is 2.31. The summed E-state index contributed by atoms with van der Waals surface area (Å²) in [6, 6.07) is 11.8. The minimum atomic E-state index is -4.51. The van der Waals surface area contributed by atoms with Gasteiger partial charge in [0.2, 0.25) is 0 Å². The van der Waals surface area contributed by atoms with Gasteiger partial charge in [-0.2, -0.15) is 13.2 Å². The number of carbonyl (C=O) groups excluding carboxylic acids is 1. The summed E-state index contributed by atoms with van der Waals surface area (Å²) in [5.74, 6) is 0.266. The van der Waals surface area contributed by atoms with Crippen LogP contribution in [0.15, 0.2) is 54.7 Å². The predicted molar refractivity (Wildman–Crippen MR) is 110 cm³/mol. The Balaban J connectivity index is 1.62. The molecule has 156 valence electrons. The van der Waals surface area contributed by atoms with Gasteiger partial charge in [0.25, 0.3) is 0 Å². The van der Waals surface area contributed by atoms with Gasteiger partial charge >= 0.3 is 12.3 Å². The third-order valence-electron chi connectivity index (χ3n) is 3.92. The van der Waals surface area contributed by atoms with E-state index in [2.05, 4.69) is 10.3 Å². The second-order valence-corrected chi connectivity index (χ2v) is 7.34. The van der Waals surface area contributed by atoms with E-state index in [-0.39, 0.29) is 22.2 Å². The molecule has 1 N–H and O–H groups in total. The van der Waals surface area contributed by atoms with Crippen LogP contribution in [-0.2, 0) is 12.6 Å². The summed E-state index contributed by atoms with van der Waals surface area (Å²) in [7, 11) is 0. The van der Waals surface area contributed by atoms with Gasteiger partial charge in [0.15, 0.2) is 0 Å². The van der Waals surface area contributed by atoms with Crippen molar-refractivity contribution in [3.63, 3.8) is 0 Å². The maximum Gasteiger partial charge on any atom is 0.417 e. The molecule has 30 heavy (non-hydrogen) atoms. The number of anilines is 1. The van der Waals surface area contributed by atoms with Gasteiger partial charge in [0.1, 0.15) is 5.75 Å². The van der Waals surface area contributed by atoms with Crippen LogP contribution in [0, 0.1) is 0 Å². The van der Waals surface area contributed by atoms with Gasteiger partial charge in [-0.15, -0.1) is 0 Å². The quantitative estimate of drug-likeness (QED) is 0.432. The lowest BCUT2D eigenvalue weighted by Crippen LogP contribution is -2.16. The van der Waals surface area contributed by atoms with Gasteiger partial charge in [0.05, 0.1) is 26.3 Å². The molecule has 1 heterocycles. The molecule has 2 aromatic carbocycles. The fraction of sp³-hybridized carbons (Fsp3) is 0.100. The molecule has 1 amide bonds. The van der Waals surface area contributed by atoms with Crippen molar-refractivity contribution in [1.82, 2.24) is 4.98 Å². The van der Waals surface area contributed by atoms with Crippen LogP contribution in [-0.4, -0.2) is 11.1 Å². The first-order valence-corrected chi connectivity index (χ1v) is 9.49. The highest BCUT2D eigenvalue weighted by Crippen LogP contribution is 2.31. The zero-order chi connectivity index (χ0) is 21.9. The van der Waals surface area contributed by atoms with Crippen LogP contribution < -0.4 is 10.1 Å². The Morgan fingerprint density at radius 2 is 1.67 bits per heavy atom. The van der Waals surface area contributed by atoms with E-state index in [0.29, 0.717) is 16.4 Å². The second-order valence-electron chi connectivity index (χ2n) is 6.11. The summed E-state index contributed by atoms with van der Waals surface area (Å²) in [4.78, 5) is 15.8. The topological polar surface area (TPSA) is 51.2 Å². The maximum atomic E-state index is 12.7. The fourth-order valence-corrected chi connectivity index (χ4v) is 2.98.